The fourth-order valence-electron chi connectivity index (χ4n) is 2.13. The van der Waals surface area contributed by atoms with Crippen LogP contribution in [0.5, 0.6) is 0 Å². The third-order valence-electron chi connectivity index (χ3n) is 3.75. The van der Waals surface area contributed by atoms with Crippen LogP contribution in [0.4, 0.5) is 0 Å². The molecule has 3 heteroatoms. The lowest BCUT2D eigenvalue weighted by Gasteiger charge is -2.26. The van der Waals surface area contributed by atoms with Crippen LogP contribution in [0, 0.1) is 5.92 Å². The zero-order chi connectivity index (χ0) is 14.3. The number of likely N-dealkylation sites (N-methyl/N-ethyl adjacent to an activating group) is 1. The lowest BCUT2D eigenvalue weighted by Crippen LogP contribution is -2.32. The largest absolute Gasteiger partial charge is 0.387 e. The molecule has 0 bridgehead atoms. The Morgan fingerprint density at radius 1 is 1.16 bits per heavy atom. The van der Waals surface area contributed by atoms with Crippen molar-refractivity contribution >= 4 is 0 Å². The molecule has 108 valence electrons. The van der Waals surface area contributed by atoms with Crippen LogP contribution < -0.4 is 5.73 Å². The Bertz CT molecular complexity index is 350. The first-order chi connectivity index (χ1) is 9.10. The second-order valence-corrected chi connectivity index (χ2v) is 5.33. The highest BCUT2D eigenvalue weighted by Gasteiger charge is 2.14. The normalized spacial score (nSPS) is 14.6. The summed E-state index contributed by atoms with van der Waals surface area (Å²) >= 11 is 0. The van der Waals surface area contributed by atoms with Gasteiger partial charge in [0.25, 0.3) is 0 Å². The molecule has 19 heavy (non-hydrogen) atoms. The summed E-state index contributed by atoms with van der Waals surface area (Å²) in [6, 6.07) is 7.93. The Kier molecular flexibility index (Phi) is 7.06. The van der Waals surface area contributed by atoms with Crippen molar-refractivity contribution in [2.24, 2.45) is 11.7 Å². The highest BCUT2D eigenvalue weighted by Crippen LogP contribution is 2.16. The van der Waals surface area contributed by atoms with E-state index in [-0.39, 0.29) is 0 Å². The Labute approximate surface area is 117 Å². The Hall–Kier alpha value is -0.900. The molecule has 0 aliphatic heterocycles. The molecule has 3 nitrogen and oxygen atoms in total. The number of aliphatic hydroxyl groups is 1. The lowest BCUT2D eigenvalue weighted by atomic mass is 10.0. The topological polar surface area (TPSA) is 49.5 Å². The number of hydrogen-bond donors (Lipinski definition) is 2. The fraction of sp³-hybridized carbons (Fsp3) is 0.625. The van der Waals surface area contributed by atoms with Gasteiger partial charge in [-0.15, -0.1) is 0 Å². The quantitative estimate of drug-likeness (QED) is 0.758. The van der Waals surface area contributed by atoms with Crippen molar-refractivity contribution in [3.05, 3.63) is 35.4 Å². The molecule has 3 N–H and O–H groups in total. The van der Waals surface area contributed by atoms with Crippen molar-refractivity contribution in [3.8, 4) is 0 Å². The number of nitrogens with zero attached hydrogens (tertiary/aromatic N) is 1. The van der Waals surface area contributed by atoms with Gasteiger partial charge in [0.2, 0.25) is 0 Å². The fourth-order valence-corrected chi connectivity index (χ4v) is 2.13. The maximum absolute atomic E-state index is 10.3. The van der Waals surface area contributed by atoms with Gasteiger partial charge in [-0.3, -0.25) is 0 Å². The van der Waals surface area contributed by atoms with Crippen LogP contribution >= 0.6 is 0 Å². The van der Waals surface area contributed by atoms with E-state index in [0.29, 0.717) is 19.0 Å². The monoisotopic (exact) mass is 264 g/mol. The van der Waals surface area contributed by atoms with E-state index in [2.05, 4.69) is 25.7 Å². The molecule has 0 saturated carbocycles. The minimum absolute atomic E-state index is 0.421. The molecule has 0 spiro atoms. The van der Waals surface area contributed by atoms with Crippen molar-refractivity contribution in [3.63, 3.8) is 0 Å². The number of rotatable bonds is 8. The zero-order valence-electron chi connectivity index (χ0n) is 12.5. The van der Waals surface area contributed by atoms with Gasteiger partial charge in [-0.2, -0.15) is 0 Å². The Morgan fingerprint density at radius 3 is 2.26 bits per heavy atom. The summed E-state index contributed by atoms with van der Waals surface area (Å²) in [5.41, 5.74) is 7.65. The van der Waals surface area contributed by atoms with Crippen LogP contribution in [-0.4, -0.2) is 29.6 Å². The summed E-state index contributed by atoms with van der Waals surface area (Å²) in [5, 5.41) is 10.3. The summed E-state index contributed by atoms with van der Waals surface area (Å²) < 4.78 is 0. The van der Waals surface area contributed by atoms with Crippen LogP contribution in [-0.2, 0) is 6.54 Å². The van der Waals surface area contributed by atoms with Crippen LogP contribution in [0.15, 0.2) is 24.3 Å². The van der Waals surface area contributed by atoms with Gasteiger partial charge in [-0.05, 0) is 23.6 Å². The first-order valence-electron chi connectivity index (χ1n) is 7.30. The van der Waals surface area contributed by atoms with E-state index in [4.69, 9.17) is 5.73 Å². The molecule has 0 aliphatic rings. The molecule has 2 unspecified atom stereocenters. The molecule has 0 radical (unpaired) electrons. The van der Waals surface area contributed by atoms with Crippen molar-refractivity contribution in [2.75, 3.05) is 19.6 Å². The summed E-state index contributed by atoms with van der Waals surface area (Å²) in [4.78, 5) is 2.32. The van der Waals surface area contributed by atoms with E-state index in [1.165, 1.54) is 6.42 Å². The highest BCUT2D eigenvalue weighted by molar-refractivity contribution is 5.24. The molecule has 0 aliphatic carbocycles. The smallest absolute Gasteiger partial charge is 0.0916 e. The minimum Gasteiger partial charge on any atom is -0.387 e. The predicted octanol–water partition coefficient (Wildman–Crippen LogP) is 2.55. The van der Waals surface area contributed by atoms with Crippen molar-refractivity contribution in [1.29, 1.82) is 0 Å². The Morgan fingerprint density at radius 2 is 1.79 bits per heavy atom. The second kappa shape index (κ2) is 8.31. The molecule has 0 aromatic heterocycles. The molecule has 1 rings (SSSR count). The van der Waals surface area contributed by atoms with Gasteiger partial charge in [0.05, 0.1) is 6.10 Å². The SMILES string of the molecule is CCC(C)CN(CC)CC(O)c1ccc(CN)cc1. The van der Waals surface area contributed by atoms with Crippen molar-refractivity contribution in [2.45, 2.75) is 39.8 Å². The molecule has 0 saturated heterocycles. The number of hydrogen-bond acceptors (Lipinski definition) is 3. The van der Waals surface area contributed by atoms with Gasteiger partial charge < -0.3 is 15.7 Å². The first kappa shape index (κ1) is 16.2. The van der Waals surface area contributed by atoms with Gasteiger partial charge in [-0.25, -0.2) is 0 Å². The molecular formula is C16H28N2O. The molecule has 1 aromatic carbocycles. The number of benzene rings is 1. The zero-order valence-corrected chi connectivity index (χ0v) is 12.5. The van der Waals surface area contributed by atoms with Crippen molar-refractivity contribution in [1.82, 2.24) is 4.90 Å². The average Bonchev–Trinajstić information content (AvgIpc) is 2.46. The lowest BCUT2D eigenvalue weighted by molar-refractivity contribution is 0.107. The second-order valence-electron chi connectivity index (χ2n) is 5.33. The summed E-state index contributed by atoms with van der Waals surface area (Å²) in [6.07, 6.45) is 0.758. The van der Waals surface area contributed by atoms with Crippen molar-refractivity contribution < 1.29 is 5.11 Å². The predicted molar refractivity (Wildman–Crippen MR) is 80.9 cm³/mol. The van der Waals surface area contributed by atoms with E-state index in [0.717, 1.165) is 24.2 Å². The molecule has 0 heterocycles. The summed E-state index contributed by atoms with van der Waals surface area (Å²) in [7, 11) is 0. The Balaban J connectivity index is 2.57. The highest BCUT2D eigenvalue weighted by atomic mass is 16.3. The van der Waals surface area contributed by atoms with E-state index >= 15 is 0 Å². The van der Waals surface area contributed by atoms with E-state index in [9.17, 15) is 5.11 Å². The minimum atomic E-state index is -0.421. The molecule has 0 amide bonds. The molecular weight excluding hydrogens is 236 g/mol. The van der Waals surface area contributed by atoms with Crippen LogP contribution in [0.3, 0.4) is 0 Å². The van der Waals surface area contributed by atoms with E-state index in [1.807, 2.05) is 24.3 Å². The third-order valence-corrected chi connectivity index (χ3v) is 3.75. The van der Waals surface area contributed by atoms with Crippen LogP contribution in [0.25, 0.3) is 0 Å². The van der Waals surface area contributed by atoms with Crippen LogP contribution in [0.1, 0.15) is 44.4 Å². The van der Waals surface area contributed by atoms with Gasteiger partial charge >= 0.3 is 0 Å². The van der Waals surface area contributed by atoms with E-state index < -0.39 is 6.10 Å². The van der Waals surface area contributed by atoms with Crippen LogP contribution in [0.2, 0.25) is 0 Å². The maximum Gasteiger partial charge on any atom is 0.0916 e. The number of aliphatic hydroxyl groups excluding tert-OH is 1. The third kappa shape index (κ3) is 5.31. The standard InChI is InChI=1S/C16H28N2O/c1-4-13(3)11-18(5-2)12-16(19)15-8-6-14(10-17)7-9-15/h6-9,13,16,19H,4-5,10-12,17H2,1-3H3. The van der Waals surface area contributed by atoms with Gasteiger partial charge in [0.1, 0.15) is 0 Å². The van der Waals surface area contributed by atoms with Gasteiger partial charge in [-0.1, -0.05) is 51.5 Å². The van der Waals surface area contributed by atoms with Gasteiger partial charge in [0.15, 0.2) is 0 Å². The first-order valence-corrected chi connectivity index (χ1v) is 7.30. The summed E-state index contributed by atoms with van der Waals surface area (Å²) in [6.45, 7) is 9.87. The van der Waals surface area contributed by atoms with Gasteiger partial charge in [0, 0.05) is 19.6 Å². The summed E-state index contributed by atoms with van der Waals surface area (Å²) in [5.74, 6) is 0.673. The van der Waals surface area contributed by atoms with E-state index in [1.54, 1.807) is 0 Å². The maximum atomic E-state index is 10.3. The average molecular weight is 264 g/mol. The number of nitrogens with two attached hydrogens (primary N) is 1. The molecule has 1 aromatic rings. The molecule has 2 atom stereocenters. The molecule has 0 fully saturated rings.